The summed E-state index contributed by atoms with van der Waals surface area (Å²) in [5, 5.41) is 3.80. The van der Waals surface area contributed by atoms with E-state index < -0.39 is 17.1 Å². The normalized spacial score (nSPS) is 21.9. The first-order valence-electron chi connectivity index (χ1n) is 10.4. The molecule has 0 radical (unpaired) electrons. The van der Waals surface area contributed by atoms with E-state index in [1.165, 1.54) is 33.9 Å². The van der Waals surface area contributed by atoms with Gasteiger partial charge in [-0.2, -0.15) is 0 Å². The van der Waals surface area contributed by atoms with Crippen LogP contribution in [0.5, 0.6) is 5.75 Å². The molecule has 2 aromatic carbocycles. The third-order valence-electron chi connectivity index (χ3n) is 6.70. The van der Waals surface area contributed by atoms with E-state index in [1.54, 1.807) is 7.11 Å². The fraction of sp³-hybridized carbons (Fsp3) is 0.391. The van der Waals surface area contributed by atoms with Crippen molar-refractivity contribution < 1.29 is 9.13 Å². The van der Waals surface area contributed by atoms with E-state index in [2.05, 4.69) is 16.4 Å². The Morgan fingerprint density at radius 2 is 2.06 bits per heavy atom. The third-order valence-corrected chi connectivity index (χ3v) is 6.70. The maximum Gasteiger partial charge on any atom is 0.328 e. The van der Waals surface area contributed by atoms with Crippen molar-refractivity contribution in [1.29, 1.82) is 0 Å². The largest absolute Gasteiger partial charge is 0.496 e. The van der Waals surface area contributed by atoms with Gasteiger partial charge in [-0.05, 0) is 67.1 Å². The summed E-state index contributed by atoms with van der Waals surface area (Å²) in [6.45, 7) is 1.21. The van der Waals surface area contributed by atoms with Gasteiger partial charge in [-0.3, -0.25) is 9.36 Å². The van der Waals surface area contributed by atoms with Crippen LogP contribution in [0.15, 0.2) is 46.0 Å². The van der Waals surface area contributed by atoms with Crippen molar-refractivity contribution in [2.75, 3.05) is 13.7 Å². The van der Waals surface area contributed by atoms with Crippen LogP contribution in [0.4, 0.5) is 4.39 Å². The molecule has 1 aromatic heterocycles. The first kappa shape index (κ1) is 21.6. The molecule has 2 heterocycles. The predicted octanol–water partition coefficient (Wildman–Crippen LogP) is 2.97. The number of ether oxygens (including phenoxy) is 1. The summed E-state index contributed by atoms with van der Waals surface area (Å²) in [6, 6.07) is 10.2. The van der Waals surface area contributed by atoms with Crippen molar-refractivity contribution in [1.82, 2.24) is 14.9 Å². The standard InChI is InChI=1S/C23H24FN3O3.ClH/c1-30-20-4-2-3-16-15(20)7-5-13-12-25-19(21(13)16)9-10-27-22(28)17-11-14(24)6-8-18(17)26-23(27)29;/h2-4,6,8,11,13,19,21,25H,5,7,9-10,12H2,1H3,(H,26,29);1H/t13-,19?,21+;/m0./s1. The summed E-state index contributed by atoms with van der Waals surface area (Å²) in [6.07, 6.45) is 2.74. The predicted molar refractivity (Wildman–Crippen MR) is 120 cm³/mol. The average Bonchev–Trinajstić information content (AvgIpc) is 3.17. The van der Waals surface area contributed by atoms with E-state index in [-0.39, 0.29) is 30.4 Å². The molecule has 3 atom stereocenters. The van der Waals surface area contributed by atoms with E-state index in [9.17, 15) is 14.0 Å². The second-order valence-corrected chi connectivity index (χ2v) is 8.23. The first-order valence-corrected chi connectivity index (χ1v) is 10.4. The van der Waals surface area contributed by atoms with Crippen molar-refractivity contribution >= 4 is 23.3 Å². The second kappa shape index (κ2) is 8.48. The number of rotatable bonds is 4. The number of nitrogens with one attached hydrogen (secondary N) is 2. The highest BCUT2D eigenvalue weighted by Gasteiger charge is 2.40. The van der Waals surface area contributed by atoms with Gasteiger partial charge in [0.15, 0.2) is 0 Å². The van der Waals surface area contributed by atoms with Gasteiger partial charge in [0.1, 0.15) is 11.6 Å². The van der Waals surface area contributed by atoms with Crippen molar-refractivity contribution in [2.45, 2.75) is 37.8 Å². The molecule has 1 saturated heterocycles. The highest BCUT2D eigenvalue weighted by Crippen LogP contribution is 2.45. The molecular formula is C23H25ClFN3O3. The summed E-state index contributed by atoms with van der Waals surface area (Å²) in [5.74, 6) is 1.30. The van der Waals surface area contributed by atoms with E-state index >= 15 is 0 Å². The van der Waals surface area contributed by atoms with Crippen LogP contribution in [0.1, 0.15) is 29.9 Å². The minimum absolute atomic E-state index is 0. The molecule has 0 saturated carbocycles. The number of fused-ring (bicyclic) bond motifs is 4. The van der Waals surface area contributed by atoms with E-state index in [0.717, 1.165) is 25.1 Å². The van der Waals surface area contributed by atoms with Crippen molar-refractivity contribution in [3.05, 3.63) is 74.2 Å². The lowest BCUT2D eigenvalue weighted by molar-refractivity contribution is 0.371. The van der Waals surface area contributed by atoms with Gasteiger partial charge in [-0.1, -0.05) is 12.1 Å². The van der Waals surface area contributed by atoms with Gasteiger partial charge in [-0.15, -0.1) is 12.4 Å². The molecule has 6 nitrogen and oxygen atoms in total. The molecule has 1 aliphatic heterocycles. The van der Waals surface area contributed by atoms with Crippen LogP contribution < -0.4 is 21.3 Å². The fourth-order valence-corrected chi connectivity index (χ4v) is 5.30. The van der Waals surface area contributed by atoms with Crippen LogP contribution >= 0.6 is 12.4 Å². The molecule has 0 spiro atoms. The fourth-order valence-electron chi connectivity index (χ4n) is 5.30. The lowest BCUT2D eigenvalue weighted by Crippen LogP contribution is -2.38. The molecule has 8 heteroatoms. The van der Waals surface area contributed by atoms with Crippen LogP contribution in [-0.4, -0.2) is 29.2 Å². The smallest absolute Gasteiger partial charge is 0.328 e. The minimum atomic E-state index is -0.494. The SMILES string of the molecule is COc1cccc2c1CC[C@H]1CNC(CCn3c(=O)[nH]c4ccc(F)cc4c3=O)[C@@H]21.Cl. The van der Waals surface area contributed by atoms with Gasteiger partial charge in [0, 0.05) is 18.5 Å². The maximum atomic E-state index is 13.6. The van der Waals surface area contributed by atoms with Crippen molar-refractivity contribution in [3.63, 3.8) is 0 Å². The molecule has 0 amide bonds. The Morgan fingerprint density at radius 3 is 2.87 bits per heavy atom. The molecule has 1 fully saturated rings. The van der Waals surface area contributed by atoms with Crippen molar-refractivity contribution in [3.8, 4) is 5.75 Å². The second-order valence-electron chi connectivity index (χ2n) is 8.23. The Hall–Kier alpha value is -2.64. The van der Waals surface area contributed by atoms with Gasteiger partial charge in [0.05, 0.1) is 18.0 Å². The molecule has 2 aliphatic rings. The molecule has 1 aliphatic carbocycles. The number of hydrogen-bond donors (Lipinski definition) is 2. The summed E-state index contributed by atoms with van der Waals surface area (Å²) in [4.78, 5) is 28.0. The molecule has 0 bridgehead atoms. The van der Waals surface area contributed by atoms with E-state index in [1.807, 2.05) is 12.1 Å². The zero-order valence-electron chi connectivity index (χ0n) is 17.2. The van der Waals surface area contributed by atoms with Crippen LogP contribution in [0, 0.1) is 11.7 Å². The van der Waals surface area contributed by atoms with Crippen LogP contribution in [0.25, 0.3) is 10.9 Å². The number of H-pyrrole nitrogens is 1. The molecule has 31 heavy (non-hydrogen) atoms. The lowest BCUT2D eigenvalue weighted by atomic mass is 9.73. The third kappa shape index (κ3) is 3.66. The average molecular weight is 446 g/mol. The summed E-state index contributed by atoms with van der Waals surface area (Å²) >= 11 is 0. The molecule has 1 unspecified atom stereocenters. The number of halogens is 2. The topological polar surface area (TPSA) is 76.1 Å². The number of aromatic amines is 1. The van der Waals surface area contributed by atoms with Crippen LogP contribution in [-0.2, 0) is 13.0 Å². The summed E-state index contributed by atoms with van der Waals surface area (Å²) < 4.78 is 20.4. The highest BCUT2D eigenvalue weighted by atomic mass is 35.5. The van der Waals surface area contributed by atoms with Gasteiger partial charge in [-0.25, -0.2) is 9.18 Å². The van der Waals surface area contributed by atoms with E-state index in [0.29, 0.717) is 23.8 Å². The number of nitrogens with zero attached hydrogens (tertiary/aromatic N) is 1. The number of benzene rings is 2. The molecule has 2 N–H and O–H groups in total. The minimum Gasteiger partial charge on any atom is -0.496 e. The number of hydrogen-bond acceptors (Lipinski definition) is 4. The van der Waals surface area contributed by atoms with Gasteiger partial charge >= 0.3 is 5.69 Å². The summed E-state index contributed by atoms with van der Waals surface area (Å²) in [5.41, 5.74) is 2.02. The van der Waals surface area contributed by atoms with E-state index in [4.69, 9.17) is 4.74 Å². The maximum absolute atomic E-state index is 13.6. The van der Waals surface area contributed by atoms with Crippen LogP contribution in [0.2, 0.25) is 0 Å². The van der Waals surface area contributed by atoms with Crippen molar-refractivity contribution in [2.24, 2.45) is 5.92 Å². The number of aromatic nitrogens is 2. The monoisotopic (exact) mass is 445 g/mol. The Balaban J connectivity index is 0.00000231. The Kier molecular flexibility index (Phi) is 5.90. The highest BCUT2D eigenvalue weighted by molar-refractivity contribution is 5.85. The molecular weight excluding hydrogens is 421 g/mol. The first-order chi connectivity index (χ1) is 14.6. The van der Waals surface area contributed by atoms with Gasteiger partial charge < -0.3 is 15.0 Å². The Labute approximate surface area is 184 Å². The summed E-state index contributed by atoms with van der Waals surface area (Å²) in [7, 11) is 1.70. The number of methoxy groups -OCH3 is 1. The van der Waals surface area contributed by atoms with Gasteiger partial charge in [0.25, 0.3) is 5.56 Å². The van der Waals surface area contributed by atoms with Gasteiger partial charge in [0.2, 0.25) is 0 Å². The Bertz CT molecular complexity index is 1240. The molecule has 3 aromatic rings. The molecule has 5 rings (SSSR count). The zero-order valence-corrected chi connectivity index (χ0v) is 18.0. The Morgan fingerprint density at radius 1 is 1.23 bits per heavy atom. The quantitative estimate of drug-likeness (QED) is 0.647. The lowest BCUT2D eigenvalue weighted by Gasteiger charge is -2.32. The zero-order chi connectivity index (χ0) is 20.8. The van der Waals surface area contributed by atoms with Crippen LogP contribution in [0.3, 0.4) is 0 Å². The molecule has 164 valence electrons.